The molecule has 2 aliphatic rings. The lowest BCUT2D eigenvalue weighted by atomic mass is 9.92. The maximum Gasteiger partial charge on any atom is 0.355 e. The zero-order valence-corrected chi connectivity index (χ0v) is 27.9. The van der Waals surface area contributed by atoms with Crippen molar-refractivity contribution < 1.29 is 19.4 Å². The first-order valence-electron chi connectivity index (χ1n) is 16.8. The number of carboxylic acid groups (broad SMARTS) is 1. The molecule has 1 aliphatic heterocycles. The SMILES string of the molecule is C.C.Cc1cc(OC[C]2CCCCCCC2)ccc1-c1ccc(N2CCc3cccc(C(=O)Nc4nc5ccccc5s4)c3C2)nc1C(=O)O. The highest BCUT2D eigenvalue weighted by molar-refractivity contribution is 7.22. The second kappa shape index (κ2) is 16.3. The molecule has 7 rings (SSSR count). The van der Waals surface area contributed by atoms with Gasteiger partial charge in [-0.15, -0.1) is 0 Å². The minimum atomic E-state index is -1.08. The highest BCUT2D eigenvalue weighted by Crippen LogP contribution is 2.34. The number of nitrogens with one attached hydrogen (secondary N) is 1. The predicted molar refractivity (Wildman–Crippen MR) is 205 cm³/mol. The molecule has 5 aromatic rings. The zero-order chi connectivity index (χ0) is 33.0. The molecule has 1 saturated carbocycles. The van der Waals surface area contributed by atoms with Crippen LogP contribution in [0.3, 0.4) is 0 Å². The fourth-order valence-corrected chi connectivity index (χ4v) is 7.71. The van der Waals surface area contributed by atoms with Gasteiger partial charge in [-0.05, 0) is 90.9 Å². The van der Waals surface area contributed by atoms with Gasteiger partial charge in [-0.2, -0.15) is 0 Å². The van der Waals surface area contributed by atoms with Crippen LogP contribution in [-0.4, -0.2) is 40.1 Å². The van der Waals surface area contributed by atoms with E-state index in [2.05, 4.69) is 15.3 Å². The van der Waals surface area contributed by atoms with Gasteiger partial charge in [-0.3, -0.25) is 10.1 Å². The summed E-state index contributed by atoms with van der Waals surface area (Å²) in [6, 6.07) is 23.2. The molecule has 3 heterocycles. The molecule has 0 saturated heterocycles. The van der Waals surface area contributed by atoms with Gasteiger partial charge < -0.3 is 14.7 Å². The highest BCUT2D eigenvalue weighted by atomic mass is 32.1. The van der Waals surface area contributed by atoms with Gasteiger partial charge in [0, 0.05) is 30.1 Å². The number of aryl methyl sites for hydroxylation is 1. The predicted octanol–water partition coefficient (Wildman–Crippen LogP) is 10.1. The number of carbonyl (C=O) groups excluding carboxylic acids is 1. The monoisotopic (exact) mass is 691 g/mol. The van der Waals surface area contributed by atoms with E-state index in [1.165, 1.54) is 49.4 Å². The van der Waals surface area contributed by atoms with Crippen molar-refractivity contribution in [3.05, 3.63) is 107 Å². The number of hydrogen-bond donors (Lipinski definition) is 2. The van der Waals surface area contributed by atoms with Gasteiger partial charge in [0.25, 0.3) is 5.91 Å². The van der Waals surface area contributed by atoms with Crippen LogP contribution in [0.5, 0.6) is 5.75 Å². The number of hydrogen-bond acceptors (Lipinski definition) is 7. The second-order valence-electron chi connectivity index (χ2n) is 12.7. The van der Waals surface area contributed by atoms with E-state index in [0.717, 1.165) is 51.1 Å². The van der Waals surface area contributed by atoms with E-state index in [4.69, 9.17) is 4.74 Å². The smallest absolute Gasteiger partial charge is 0.355 e. The first-order chi connectivity index (χ1) is 23.4. The van der Waals surface area contributed by atoms with E-state index in [9.17, 15) is 14.7 Å². The maximum atomic E-state index is 13.5. The second-order valence-corrected chi connectivity index (χ2v) is 13.7. The van der Waals surface area contributed by atoms with E-state index in [-0.39, 0.29) is 26.5 Å². The number of ether oxygens (including phenoxy) is 1. The van der Waals surface area contributed by atoms with Gasteiger partial charge in [0.1, 0.15) is 11.6 Å². The summed E-state index contributed by atoms with van der Waals surface area (Å²) < 4.78 is 7.20. The Morgan fingerprint density at radius 3 is 2.40 bits per heavy atom. The van der Waals surface area contributed by atoms with Crippen LogP contribution < -0.4 is 15.0 Å². The average Bonchev–Trinajstić information content (AvgIpc) is 3.49. The number of rotatable bonds is 8. The molecule has 0 bridgehead atoms. The summed E-state index contributed by atoms with van der Waals surface area (Å²) in [7, 11) is 0. The minimum absolute atomic E-state index is 0. The fraction of sp³-hybridized carbons (Fsp3) is 0.341. The summed E-state index contributed by atoms with van der Waals surface area (Å²) in [5.74, 6) is 1.54. The number of benzene rings is 3. The lowest BCUT2D eigenvalue weighted by Crippen LogP contribution is -2.33. The van der Waals surface area contributed by atoms with Crippen LogP contribution in [0, 0.1) is 12.8 Å². The number of nitrogens with zero attached hydrogens (tertiary/aromatic N) is 3. The molecule has 3 aromatic carbocycles. The topological polar surface area (TPSA) is 105 Å². The summed E-state index contributed by atoms with van der Waals surface area (Å²) in [4.78, 5) is 37.3. The van der Waals surface area contributed by atoms with Crippen LogP contribution >= 0.6 is 11.3 Å². The van der Waals surface area contributed by atoms with Gasteiger partial charge in [0.2, 0.25) is 0 Å². The quantitative estimate of drug-likeness (QED) is 0.167. The summed E-state index contributed by atoms with van der Waals surface area (Å²) in [6.45, 7) is 3.71. The van der Waals surface area contributed by atoms with Crippen LogP contribution in [-0.2, 0) is 13.0 Å². The molecule has 261 valence electrons. The Balaban J connectivity index is 0.00000243. The molecule has 1 aliphatic carbocycles. The summed E-state index contributed by atoms with van der Waals surface area (Å²) in [6.07, 6.45) is 9.39. The van der Waals surface area contributed by atoms with Crippen molar-refractivity contribution in [3.63, 3.8) is 0 Å². The van der Waals surface area contributed by atoms with Gasteiger partial charge >= 0.3 is 5.97 Å². The van der Waals surface area contributed by atoms with Crippen molar-refractivity contribution in [2.45, 2.75) is 79.7 Å². The normalized spacial score (nSPS) is 14.8. The van der Waals surface area contributed by atoms with Crippen LogP contribution in [0.15, 0.2) is 72.8 Å². The van der Waals surface area contributed by atoms with Crippen molar-refractivity contribution in [1.82, 2.24) is 9.97 Å². The number of carbonyl (C=O) groups is 2. The number of pyridine rings is 1. The Hall–Kier alpha value is -4.76. The number of para-hydroxylation sites is 1. The molecule has 0 spiro atoms. The number of aromatic nitrogens is 2. The summed E-state index contributed by atoms with van der Waals surface area (Å²) in [5, 5.41) is 13.8. The standard InChI is InChI=1S/C39H39N4O4S.2CH4/c1-25-22-28(47-24-26-10-5-3-2-4-6-11-26)16-17-29(25)30-18-19-35(41-36(30)38(45)46)43-21-20-27-12-9-13-31(32(27)23-43)37(44)42-39-40-33-14-7-8-15-34(33)48-39;;/h7-9,12-19,22H,2-6,10-11,20-21,23-24H2,1H3,(H,45,46)(H,40,42,44);2*1H4. The molecular weight excluding hydrogens is 645 g/mol. The number of aromatic carboxylic acids is 1. The van der Waals surface area contributed by atoms with Crippen molar-refractivity contribution in [3.8, 4) is 16.9 Å². The van der Waals surface area contributed by atoms with Crippen LogP contribution in [0.1, 0.15) is 97.3 Å². The van der Waals surface area contributed by atoms with Gasteiger partial charge in [-0.1, -0.05) is 88.6 Å². The molecule has 1 fully saturated rings. The number of amides is 1. The van der Waals surface area contributed by atoms with Gasteiger partial charge in [-0.25, -0.2) is 14.8 Å². The van der Waals surface area contributed by atoms with E-state index in [0.29, 0.717) is 48.2 Å². The summed E-state index contributed by atoms with van der Waals surface area (Å²) in [5.41, 5.74) is 5.76. The zero-order valence-electron chi connectivity index (χ0n) is 27.1. The first-order valence-corrected chi connectivity index (χ1v) is 17.6. The lowest BCUT2D eigenvalue weighted by Gasteiger charge is -2.31. The molecule has 2 aromatic heterocycles. The first kappa shape index (κ1) is 36.5. The lowest BCUT2D eigenvalue weighted by molar-refractivity contribution is 0.0691. The van der Waals surface area contributed by atoms with Crippen molar-refractivity contribution in [2.75, 3.05) is 23.4 Å². The third-order valence-corrected chi connectivity index (χ3v) is 10.4. The Morgan fingerprint density at radius 2 is 1.64 bits per heavy atom. The molecule has 9 heteroatoms. The van der Waals surface area contributed by atoms with Gasteiger partial charge in [0.05, 0.1) is 16.8 Å². The molecule has 2 N–H and O–H groups in total. The Labute approximate surface area is 299 Å². The van der Waals surface area contributed by atoms with Crippen LogP contribution in [0.4, 0.5) is 10.9 Å². The molecular formula is C41H47N4O4S. The molecule has 50 heavy (non-hydrogen) atoms. The Morgan fingerprint density at radius 1 is 0.880 bits per heavy atom. The van der Waals surface area contributed by atoms with Gasteiger partial charge in [0.15, 0.2) is 10.8 Å². The largest absolute Gasteiger partial charge is 0.493 e. The number of carboxylic acids is 1. The minimum Gasteiger partial charge on any atom is -0.493 e. The third-order valence-electron chi connectivity index (χ3n) is 9.43. The Bertz CT molecular complexity index is 1930. The fourth-order valence-electron chi connectivity index (χ4n) is 6.85. The van der Waals surface area contributed by atoms with E-state index in [1.54, 1.807) is 0 Å². The van der Waals surface area contributed by atoms with Crippen molar-refractivity contribution in [1.29, 1.82) is 0 Å². The molecule has 0 atom stereocenters. The Kier molecular flexibility index (Phi) is 11.9. The average molecular weight is 692 g/mol. The van der Waals surface area contributed by atoms with Crippen molar-refractivity contribution in [2.24, 2.45) is 0 Å². The third kappa shape index (κ3) is 7.99. The van der Waals surface area contributed by atoms with E-state index in [1.807, 2.05) is 84.6 Å². The number of thiazole rings is 1. The molecule has 1 radical (unpaired) electrons. The summed E-state index contributed by atoms with van der Waals surface area (Å²) >= 11 is 1.44. The number of anilines is 2. The van der Waals surface area contributed by atoms with Crippen molar-refractivity contribution >= 4 is 44.4 Å². The van der Waals surface area contributed by atoms with E-state index < -0.39 is 5.97 Å². The molecule has 1 amide bonds. The van der Waals surface area contributed by atoms with Crippen LogP contribution in [0.2, 0.25) is 0 Å². The number of fused-ring (bicyclic) bond motifs is 2. The molecule has 8 nitrogen and oxygen atoms in total. The van der Waals surface area contributed by atoms with E-state index >= 15 is 0 Å². The maximum absolute atomic E-state index is 13.5. The highest BCUT2D eigenvalue weighted by Gasteiger charge is 2.25. The van der Waals surface area contributed by atoms with Crippen LogP contribution in [0.25, 0.3) is 21.3 Å². The molecule has 0 unspecified atom stereocenters.